The summed E-state index contributed by atoms with van der Waals surface area (Å²) in [6.07, 6.45) is 3.50. The maximum absolute atomic E-state index is 8.00. The summed E-state index contributed by atoms with van der Waals surface area (Å²) in [4.78, 5) is 43.8. The number of hydrogen-bond acceptors (Lipinski definition) is 6. The molecule has 0 aliphatic carbocycles. The molecule has 0 saturated heterocycles. The van der Waals surface area contributed by atoms with Crippen LogP contribution in [0.4, 0.5) is 0 Å². The van der Waals surface area contributed by atoms with Gasteiger partial charge in [-0.15, -0.1) is 0 Å². The van der Waals surface area contributed by atoms with Gasteiger partial charge in [-0.1, -0.05) is 6.07 Å². The van der Waals surface area contributed by atoms with Crippen LogP contribution in [0.5, 0.6) is 0 Å². The quantitative estimate of drug-likeness (QED) is 0.671. The van der Waals surface area contributed by atoms with E-state index in [0.717, 1.165) is 0 Å². The molecule has 96 valence electrons. The smallest absolute Gasteiger partial charge is 0.106 e. The minimum Gasteiger partial charge on any atom is -0.307 e. The van der Waals surface area contributed by atoms with Crippen molar-refractivity contribution >= 4 is 33.9 Å². The van der Waals surface area contributed by atoms with Crippen molar-refractivity contribution < 1.29 is 41.3 Å². The second-order valence-electron chi connectivity index (χ2n) is 1.02. The Balaban J connectivity index is -0.0000000242. The number of carbonyl (C=O) groups is 5. The van der Waals surface area contributed by atoms with Crippen molar-refractivity contribution in [3.8, 4) is 0 Å². The maximum atomic E-state index is 8.00. The second kappa shape index (κ2) is 147. The van der Waals surface area contributed by atoms with Crippen LogP contribution in [0.25, 0.3) is 0 Å². The van der Waals surface area contributed by atoms with Gasteiger partial charge in [0.15, 0.2) is 0 Å². The summed E-state index contributed by atoms with van der Waals surface area (Å²) >= 11 is 0. The number of carbonyl (C=O) groups excluding carboxylic acids is 5. The molecule has 1 aromatic heterocycles. The van der Waals surface area contributed by atoms with Gasteiger partial charge in [-0.2, -0.15) is 0 Å². The predicted molar refractivity (Wildman–Crippen MR) is 59.8 cm³/mol. The van der Waals surface area contributed by atoms with Crippen molar-refractivity contribution in [2.24, 2.45) is 0 Å². The Hall–Kier alpha value is -1.97. The summed E-state index contributed by atoms with van der Waals surface area (Å²) in [5, 5.41) is 0. The van der Waals surface area contributed by atoms with Crippen LogP contribution in [0, 0.1) is 0 Å². The Bertz CT molecular complexity index is 141. The van der Waals surface area contributed by atoms with Crippen LogP contribution in [0.15, 0.2) is 30.6 Å². The van der Waals surface area contributed by atoms with E-state index in [-0.39, 0.29) is 17.4 Å². The minimum absolute atomic E-state index is 0. The molecule has 0 radical (unpaired) electrons. The molecule has 0 amide bonds. The Morgan fingerprint density at radius 2 is 0.765 bits per heavy atom. The molecule has 0 unspecified atom stereocenters. The third kappa shape index (κ3) is 125. The van der Waals surface area contributed by atoms with Crippen LogP contribution >= 0.6 is 0 Å². The van der Waals surface area contributed by atoms with E-state index < -0.39 is 0 Å². The third-order valence-electron chi connectivity index (χ3n) is 0.566. The van der Waals surface area contributed by atoms with Gasteiger partial charge in [-0.3, -0.25) is 4.98 Å². The molecule has 1 rings (SSSR count). The van der Waals surface area contributed by atoms with E-state index in [4.69, 9.17) is 24.0 Å². The van der Waals surface area contributed by atoms with Gasteiger partial charge in [0.05, 0.1) is 0 Å². The van der Waals surface area contributed by atoms with Crippen LogP contribution in [0.1, 0.15) is 0 Å². The maximum Gasteiger partial charge on any atom is 0.106 e. The molecule has 0 aliphatic rings. The molecule has 17 heavy (non-hydrogen) atoms. The fourth-order valence-electron chi connectivity index (χ4n) is 0.313. The zero-order valence-corrected chi connectivity index (χ0v) is 10.6. The van der Waals surface area contributed by atoms with Gasteiger partial charge in [-0.05, 0) is 12.1 Å². The van der Waals surface area contributed by atoms with E-state index >= 15 is 0 Å². The molecule has 0 N–H and O–H groups in total. The number of aromatic nitrogens is 1. The van der Waals surface area contributed by atoms with Crippen molar-refractivity contribution in [1.29, 1.82) is 0 Å². The van der Waals surface area contributed by atoms with Crippen LogP contribution in [-0.4, -0.2) is 38.9 Å². The molecule has 0 fully saturated rings. The molecule has 1 heterocycles. The molecule has 0 atom stereocenters. The van der Waals surface area contributed by atoms with Gasteiger partial charge < -0.3 is 24.0 Å². The molecule has 7 heteroatoms. The topological polar surface area (TPSA) is 98.2 Å². The molecule has 6 nitrogen and oxygen atoms in total. The molecule has 1 aromatic rings. The fraction of sp³-hybridized carbons (Fsp3) is 0. The van der Waals surface area contributed by atoms with Gasteiger partial charge in [0.1, 0.15) is 33.9 Å². The van der Waals surface area contributed by atoms with Crippen LogP contribution < -0.4 is 0 Å². The van der Waals surface area contributed by atoms with E-state index in [1.54, 1.807) is 12.4 Å². The van der Waals surface area contributed by atoms with Crippen molar-refractivity contribution in [2.75, 3.05) is 0 Å². The van der Waals surface area contributed by atoms with Gasteiger partial charge in [-0.25, -0.2) is 0 Å². The Morgan fingerprint density at radius 1 is 0.529 bits per heavy atom. The summed E-state index contributed by atoms with van der Waals surface area (Å²) in [7, 11) is 0. The normalized spacial score (nSPS) is 4.00. The number of pyridine rings is 1. The van der Waals surface area contributed by atoms with Gasteiger partial charge in [0.25, 0.3) is 0 Å². The first-order valence-electron chi connectivity index (χ1n) is 3.29. The molecule has 0 aromatic carbocycles. The van der Waals surface area contributed by atoms with E-state index in [0.29, 0.717) is 0 Å². The van der Waals surface area contributed by atoms with E-state index in [9.17, 15) is 0 Å². The van der Waals surface area contributed by atoms with Crippen molar-refractivity contribution in [2.45, 2.75) is 0 Å². The SMILES string of the molecule is C=O.C=O.C=O.C=O.C=O.[Cr].c1ccncc1. The zero-order chi connectivity index (χ0) is 14.2. The van der Waals surface area contributed by atoms with Crippen molar-refractivity contribution in [3.63, 3.8) is 0 Å². The first-order valence-corrected chi connectivity index (χ1v) is 3.29. The Kier molecular flexibility index (Phi) is 313. The summed E-state index contributed by atoms with van der Waals surface area (Å²) in [5.41, 5.74) is 0. The number of nitrogens with zero attached hydrogens (tertiary/aromatic N) is 1. The molecule has 0 saturated carbocycles. The van der Waals surface area contributed by atoms with Gasteiger partial charge >= 0.3 is 0 Å². The second-order valence-corrected chi connectivity index (χ2v) is 1.02. The van der Waals surface area contributed by atoms with E-state index in [2.05, 4.69) is 4.98 Å². The first-order chi connectivity index (χ1) is 8.00. The summed E-state index contributed by atoms with van der Waals surface area (Å²) < 4.78 is 0. The summed E-state index contributed by atoms with van der Waals surface area (Å²) in [6.45, 7) is 10.0. The molecule has 0 spiro atoms. The average Bonchev–Trinajstić information content (AvgIpc) is 2.51. The summed E-state index contributed by atoms with van der Waals surface area (Å²) in [5.74, 6) is 0. The number of rotatable bonds is 0. The number of hydrogen-bond donors (Lipinski definition) is 0. The van der Waals surface area contributed by atoms with Crippen LogP contribution in [0.2, 0.25) is 0 Å². The minimum atomic E-state index is 0. The first kappa shape index (κ1) is 36.3. The molecule has 0 bridgehead atoms. The average molecular weight is 281 g/mol. The van der Waals surface area contributed by atoms with E-state index in [1.165, 1.54) is 0 Å². The standard InChI is InChI=1S/C5H5N.5CH2O.Cr/c1-2-4-6-5-3-1;5*1-2;/h1-5H;5*1H2;. The zero-order valence-electron chi connectivity index (χ0n) is 9.32. The van der Waals surface area contributed by atoms with Crippen LogP contribution in [0.3, 0.4) is 0 Å². The summed E-state index contributed by atoms with van der Waals surface area (Å²) in [6, 6.07) is 5.72. The van der Waals surface area contributed by atoms with Crippen LogP contribution in [-0.2, 0) is 41.3 Å². The van der Waals surface area contributed by atoms with Crippen molar-refractivity contribution in [1.82, 2.24) is 4.98 Å². The Morgan fingerprint density at radius 3 is 0.824 bits per heavy atom. The van der Waals surface area contributed by atoms with Gasteiger partial charge in [0, 0.05) is 29.8 Å². The molecular weight excluding hydrogens is 266 g/mol. The van der Waals surface area contributed by atoms with Gasteiger partial charge in [0.2, 0.25) is 0 Å². The Labute approximate surface area is 111 Å². The molecule has 0 aliphatic heterocycles. The third-order valence-corrected chi connectivity index (χ3v) is 0.566. The van der Waals surface area contributed by atoms with E-state index in [1.807, 2.05) is 52.1 Å². The largest absolute Gasteiger partial charge is 0.307 e. The fourth-order valence-corrected chi connectivity index (χ4v) is 0.313. The predicted octanol–water partition coefficient (Wildman–Crippen LogP) is 0.155. The monoisotopic (exact) mass is 281 g/mol. The van der Waals surface area contributed by atoms with Crippen molar-refractivity contribution in [3.05, 3.63) is 30.6 Å². The molecular formula is C10H15CrNO5.